The van der Waals surface area contributed by atoms with Crippen LogP contribution < -0.4 is 19.5 Å². The normalized spacial score (nSPS) is 20.5. The molecule has 6 nitrogen and oxygen atoms in total. The van der Waals surface area contributed by atoms with E-state index in [0.717, 1.165) is 59.7 Å². The van der Waals surface area contributed by atoms with Crippen molar-refractivity contribution >= 4 is 27.3 Å². The number of nitrogens with zero attached hydrogens (tertiary/aromatic N) is 1. The Hall–Kier alpha value is -2.64. The highest BCUT2D eigenvalue weighted by molar-refractivity contribution is 7.20. The maximum atomic E-state index is 13.1. The molecule has 1 aromatic heterocycles. The van der Waals surface area contributed by atoms with E-state index in [0.29, 0.717) is 24.3 Å². The molecule has 2 heterocycles. The summed E-state index contributed by atoms with van der Waals surface area (Å²) in [4.78, 5) is 17.6. The van der Waals surface area contributed by atoms with Crippen molar-refractivity contribution in [1.29, 1.82) is 0 Å². The molecule has 7 heteroatoms. The van der Waals surface area contributed by atoms with Crippen LogP contribution in [0.25, 0.3) is 10.2 Å². The molecule has 2 aliphatic rings. The van der Waals surface area contributed by atoms with Gasteiger partial charge in [-0.25, -0.2) is 4.98 Å². The van der Waals surface area contributed by atoms with Crippen LogP contribution in [0.2, 0.25) is 0 Å². The van der Waals surface area contributed by atoms with Crippen molar-refractivity contribution in [2.24, 2.45) is 5.92 Å². The van der Waals surface area contributed by atoms with Crippen LogP contribution in [0.15, 0.2) is 36.4 Å². The molecule has 5 rings (SSSR count). The number of methoxy groups -OCH3 is 1. The van der Waals surface area contributed by atoms with Gasteiger partial charge in [-0.1, -0.05) is 12.1 Å². The van der Waals surface area contributed by atoms with Crippen LogP contribution in [-0.4, -0.2) is 37.1 Å². The zero-order valence-corrected chi connectivity index (χ0v) is 18.4. The van der Waals surface area contributed by atoms with Crippen molar-refractivity contribution in [3.8, 4) is 17.2 Å². The number of ketones is 1. The predicted octanol–water partition coefficient (Wildman–Crippen LogP) is 4.61. The average Bonchev–Trinajstić information content (AvgIpc) is 3.27. The van der Waals surface area contributed by atoms with Gasteiger partial charge in [0.1, 0.15) is 24.5 Å². The number of fused-ring (bicyclic) bond motifs is 2. The van der Waals surface area contributed by atoms with Crippen LogP contribution in [0.4, 0.5) is 0 Å². The molecule has 0 radical (unpaired) electrons. The smallest absolute Gasteiger partial charge is 0.194 e. The number of carbonyl (C=O) groups is 1. The quantitative estimate of drug-likeness (QED) is 0.567. The largest absolute Gasteiger partial charge is 0.494 e. The van der Waals surface area contributed by atoms with Crippen molar-refractivity contribution < 1.29 is 19.0 Å². The number of para-hydroxylation sites is 1. The second-order valence-electron chi connectivity index (χ2n) is 8.10. The highest BCUT2D eigenvalue weighted by Crippen LogP contribution is 2.34. The monoisotopic (exact) mass is 438 g/mol. The number of benzene rings is 2. The Morgan fingerprint density at radius 3 is 2.74 bits per heavy atom. The van der Waals surface area contributed by atoms with Gasteiger partial charge in [-0.15, -0.1) is 11.3 Å². The summed E-state index contributed by atoms with van der Waals surface area (Å²) in [5.41, 5.74) is 1.97. The molecule has 0 bridgehead atoms. The van der Waals surface area contributed by atoms with E-state index in [1.54, 1.807) is 7.11 Å². The van der Waals surface area contributed by atoms with E-state index in [4.69, 9.17) is 14.2 Å². The van der Waals surface area contributed by atoms with Crippen molar-refractivity contribution in [3.63, 3.8) is 0 Å². The fraction of sp³-hybridized carbons (Fsp3) is 0.417. The van der Waals surface area contributed by atoms with Gasteiger partial charge in [0.05, 0.1) is 11.8 Å². The minimum Gasteiger partial charge on any atom is -0.494 e. The summed E-state index contributed by atoms with van der Waals surface area (Å²) in [6.45, 7) is 2.00. The first-order valence-electron chi connectivity index (χ1n) is 10.8. The molecule has 3 aromatic rings. The Bertz CT molecular complexity index is 1090. The molecule has 31 heavy (non-hydrogen) atoms. The minimum absolute atomic E-state index is 0.0545. The van der Waals surface area contributed by atoms with Gasteiger partial charge < -0.3 is 19.5 Å². The van der Waals surface area contributed by atoms with Gasteiger partial charge in [-0.05, 0) is 55.5 Å². The highest BCUT2D eigenvalue weighted by atomic mass is 32.1. The van der Waals surface area contributed by atoms with E-state index in [2.05, 4.69) is 22.4 Å². The summed E-state index contributed by atoms with van der Waals surface area (Å²) in [6, 6.07) is 12.3. The number of Topliss-reactive ketones (excluding diaryl/α,β-unsaturated/α-hetero) is 1. The third kappa shape index (κ3) is 4.25. The number of carbonyl (C=O) groups excluding carboxylic acids is 1. The first kappa shape index (κ1) is 20.3. The summed E-state index contributed by atoms with van der Waals surface area (Å²) in [5, 5.41) is 4.25. The van der Waals surface area contributed by atoms with E-state index < -0.39 is 0 Å². The van der Waals surface area contributed by atoms with Gasteiger partial charge in [-0.2, -0.15) is 0 Å². The lowest BCUT2D eigenvalue weighted by Crippen LogP contribution is -2.34. The van der Waals surface area contributed by atoms with E-state index in [-0.39, 0.29) is 11.7 Å². The fourth-order valence-corrected chi connectivity index (χ4v) is 5.39. The summed E-state index contributed by atoms with van der Waals surface area (Å²) >= 11 is 1.47. The summed E-state index contributed by atoms with van der Waals surface area (Å²) in [7, 11) is 1.63. The van der Waals surface area contributed by atoms with Crippen LogP contribution >= 0.6 is 11.3 Å². The average molecular weight is 439 g/mol. The topological polar surface area (TPSA) is 69.7 Å². The SMILES string of the molecule is COc1cccc2sc(C(=O)[C@H]3CC[C@H](NCc4ccc5c(c4)OCCO5)CC3)nc12. The number of hydrogen-bond donors (Lipinski definition) is 1. The lowest BCUT2D eigenvalue weighted by Gasteiger charge is -2.28. The molecule has 1 aliphatic carbocycles. The van der Waals surface area contributed by atoms with E-state index in [9.17, 15) is 4.79 Å². The number of hydrogen-bond acceptors (Lipinski definition) is 7. The van der Waals surface area contributed by atoms with E-state index >= 15 is 0 Å². The molecule has 1 aliphatic heterocycles. The van der Waals surface area contributed by atoms with Crippen LogP contribution in [0.3, 0.4) is 0 Å². The number of ether oxygens (including phenoxy) is 3. The Kier molecular flexibility index (Phi) is 5.78. The maximum Gasteiger partial charge on any atom is 0.194 e. The third-order valence-corrected chi connectivity index (χ3v) is 7.15. The van der Waals surface area contributed by atoms with Crippen LogP contribution in [-0.2, 0) is 6.54 Å². The molecule has 1 fully saturated rings. The van der Waals surface area contributed by atoms with Gasteiger partial charge in [0.2, 0.25) is 0 Å². The first-order chi connectivity index (χ1) is 15.2. The number of aromatic nitrogens is 1. The van der Waals surface area contributed by atoms with Crippen molar-refractivity contribution in [1.82, 2.24) is 10.3 Å². The summed E-state index contributed by atoms with van der Waals surface area (Å²) in [6.07, 6.45) is 3.78. The van der Waals surface area contributed by atoms with Gasteiger partial charge in [0.15, 0.2) is 22.3 Å². The summed E-state index contributed by atoms with van der Waals surface area (Å²) < 4.78 is 17.6. The lowest BCUT2D eigenvalue weighted by molar-refractivity contribution is 0.0879. The fourth-order valence-electron chi connectivity index (χ4n) is 4.39. The van der Waals surface area contributed by atoms with Gasteiger partial charge in [-0.3, -0.25) is 4.79 Å². The Balaban J connectivity index is 1.16. The minimum atomic E-state index is 0.0545. The third-order valence-electron chi connectivity index (χ3n) is 6.11. The molecule has 1 saturated carbocycles. The molecule has 0 atom stereocenters. The van der Waals surface area contributed by atoms with Gasteiger partial charge in [0.25, 0.3) is 0 Å². The molecule has 0 amide bonds. The zero-order valence-electron chi connectivity index (χ0n) is 17.6. The zero-order chi connectivity index (χ0) is 21.2. The van der Waals surface area contributed by atoms with E-state index in [1.165, 1.54) is 16.9 Å². The Labute approximate surface area is 185 Å². The first-order valence-corrected chi connectivity index (χ1v) is 11.6. The van der Waals surface area contributed by atoms with E-state index in [1.807, 2.05) is 24.3 Å². The highest BCUT2D eigenvalue weighted by Gasteiger charge is 2.29. The van der Waals surface area contributed by atoms with Gasteiger partial charge in [0, 0.05) is 18.5 Å². The number of nitrogens with one attached hydrogen (secondary N) is 1. The van der Waals surface area contributed by atoms with Crippen molar-refractivity contribution in [2.45, 2.75) is 38.3 Å². The second-order valence-corrected chi connectivity index (χ2v) is 9.13. The molecule has 0 saturated heterocycles. The van der Waals surface area contributed by atoms with Gasteiger partial charge >= 0.3 is 0 Å². The Morgan fingerprint density at radius 2 is 1.94 bits per heavy atom. The maximum absolute atomic E-state index is 13.1. The Morgan fingerprint density at radius 1 is 1.13 bits per heavy atom. The number of thiazole rings is 1. The van der Waals surface area contributed by atoms with Crippen LogP contribution in [0.1, 0.15) is 41.0 Å². The summed E-state index contributed by atoms with van der Waals surface area (Å²) in [5.74, 6) is 2.60. The van der Waals surface area contributed by atoms with Crippen molar-refractivity contribution in [2.75, 3.05) is 20.3 Å². The number of rotatable bonds is 6. The second kappa shape index (κ2) is 8.85. The molecule has 0 unspecified atom stereocenters. The lowest BCUT2D eigenvalue weighted by atomic mass is 9.83. The molecule has 2 aromatic carbocycles. The molecular weight excluding hydrogens is 412 g/mol. The molecule has 0 spiro atoms. The van der Waals surface area contributed by atoms with Crippen LogP contribution in [0.5, 0.6) is 17.2 Å². The predicted molar refractivity (Wildman–Crippen MR) is 121 cm³/mol. The van der Waals surface area contributed by atoms with Crippen LogP contribution in [0, 0.1) is 5.92 Å². The molecule has 1 N–H and O–H groups in total. The van der Waals surface area contributed by atoms with Crippen molar-refractivity contribution in [3.05, 3.63) is 47.0 Å². The molecular formula is C24H26N2O4S. The standard InChI is InChI=1S/C24H26N2O4S/c1-28-19-3-2-4-21-22(19)26-24(31-21)23(27)16-6-8-17(9-7-16)25-14-15-5-10-18-20(13-15)30-12-11-29-18/h2-5,10,13,16-17,25H,6-9,11-12,14H2,1H3/t16-,17-. The molecule has 162 valence electrons.